The molecule has 6 nitrogen and oxygen atoms in total. The summed E-state index contributed by atoms with van der Waals surface area (Å²) in [5.41, 5.74) is 8.38. The van der Waals surface area contributed by atoms with E-state index in [4.69, 9.17) is 5.73 Å². The number of pyridine rings is 2. The van der Waals surface area contributed by atoms with Gasteiger partial charge in [0.2, 0.25) is 0 Å². The minimum Gasteiger partial charge on any atom is -0.397 e. The van der Waals surface area contributed by atoms with Gasteiger partial charge in [0, 0.05) is 45.5 Å². The first-order valence-corrected chi connectivity index (χ1v) is 9.12. The number of hydrogen-bond acceptors (Lipinski definition) is 6. The third kappa shape index (κ3) is 2.92. The van der Waals surface area contributed by atoms with E-state index in [9.17, 15) is 9.59 Å². The minimum absolute atomic E-state index is 0.0807. The number of carbonyl (C=O) groups is 2. The Labute approximate surface area is 159 Å². The molecule has 4 aromatic rings. The highest BCUT2D eigenvalue weighted by molar-refractivity contribution is 7.21. The van der Waals surface area contributed by atoms with Crippen LogP contribution in [0.3, 0.4) is 0 Å². The van der Waals surface area contributed by atoms with Crippen LogP contribution in [0.5, 0.6) is 0 Å². The number of aromatic nitrogens is 2. The lowest BCUT2D eigenvalue weighted by molar-refractivity contribution is 0.101. The number of carbonyl (C=O) groups excluding carboxylic acids is 2. The number of ketones is 1. The highest BCUT2D eigenvalue weighted by atomic mass is 32.1. The summed E-state index contributed by atoms with van der Waals surface area (Å²) in [6.45, 7) is 3.26. The normalized spacial score (nSPS) is 11.0. The molecule has 0 aliphatic carbocycles. The second kappa shape index (κ2) is 6.44. The molecule has 3 heterocycles. The van der Waals surface area contributed by atoms with Crippen molar-refractivity contribution in [2.75, 3.05) is 11.1 Å². The van der Waals surface area contributed by atoms with Gasteiger partial charge in [-0.1, -0.05) is 12.1 Å². The van der Waals surface area contributed by atoms with Crippen LogP contribution in [0.2, 0.25) is 0 Å². The van der Waals surface area contributed by atoms with Gasteiger partial charge >= 0.3 is 0 Å². The summed E-state index contributed by atoms with van der Waals surface area (Å²) in [7, 11) is 0. The predicted octanol–water partition coefficient (Wildman–Crippen LogP) is 4.19. The number of fused-ring (bicyclic) bond motifs is 2. The van der Waals surface area contributed by atoms with Crippen molar-refractivity contribution in [1.29, 1.82) is 0 Å². The van der Waals surface area contributed by atoms with E-state index in [0.717, 1.165) is 10.8 Å². The molecule has 0 unspecified atom stereocenters. The fourth-order valence-corrected chi connectivity index (χ4v) is 4.08. The summed E-state index contributed by atoms with van der Waals surface area (Å²) in [6.07, 6.45) is 3.43. The summed E-state index contributed by atoms with van der Waals surface area (Å²) in [6, 6.07) is 9.19. The van der Waals surface area contributed by atoms with Crippen LogP contribution in [-0.2, 0) is 0 Å². The Morgan fingerprint density at radius 3 is 2.78 bits per heavy atom. The van der Waals surface area contributed by atoms with E-state index in [1.165, 1.54) is 18.3 Å². The largest absolute Gasteiger partial charge is 0.397 e. The highest BCUT2D eigenvalue weighted by Crippen LogP contribution is 2.34. The highest BCUT2D eigenvalue weighted by Gasteiger charge is 2.20. The Morgan fingerprint density at radius 1 is 1.19 bits per heavy atom. The van der Waals surface area contributed by atoms with E-state index in [1.807, 2.05) is 24.3 Å². The number of aryl methyl sites for hydroxylation is 1. The van der Waals surface area contributed by atoms with Gasteiger partial charge < -0.3 is 11.1 Å². The lowest BCUT2D eigenvalue weighted by atomic mass is 10.1. The molecule has 0 radical (unpaired) electrons. The van der Waals surface area contributed by atoms with Gasteiger partial charge in [-0.3, -0.25) is 14.6 Å². The van der Waals surface area contributed by atoms with Crippen LogP contribution in [-0.4, -0.2) is 21.7 Å². The smallest absolute Gasteiger partial charge is 0.267 e. The maximum Gasteiger partial charge on any atom is 0.267 e. The summed E-state index contributed by atoms with van der Waals surface area (Å²) < 4.78 is 0. The van der Waals surface area contributed by atoms with Gasteiger partial charge in [0.1, 0.15) is 9.71 Å². The Hall–Kier alpha value is -3.32. The third-order valence-corrected chi connectivity index (χ3v) is 5.54. The van der Waals surface area contributed by atoms with E-state index in [1.54, 1.807) is 25.4 Å². The fourth-order valence-electron chi connectivity index (χ4n) is 3.06. The first kappa shape index (κ1) is 17.1. The predicted molar refractivity (Wildman–Crippen MR) is 108 cm³/mol. The van der Waals surface area contributed by atoms with Crippen molar-refractivity contribution < 1.29 is 9.59 Å². The van der Waals surface area contributed by atoms with Crippen LogP contribution in [0.15, 0.2) is 42.7 Å². The third-order valence-electron chi connectivity index (χ3n) is 4.43. The fraction of sp³-hybridized carbons (Fsp3) is 0.100. The second-order valence-corrected chi connectivity index (χ2v) is 7.23. The SMILES string of the molecule is CC(=O)c1cc2c(N)c(C(=O)Nc3cccc4cnccc34)sc2nc1C. The second-order valence-electron chi connectivity index (χ2n) is 6.23. The summed E-state index contributed by atoms with van der Waals surface area (Å²) in [4.78, 5) is 34.2. The molecule has 0 aliphatic heterocycles. The van der Waals surface area contributed by atoms with Crippen molar-refractivity contribution in [2.45, 2.75) is 13.8 Å². The van der Waals surface area contributed by atoms with Gasteiger partial charge in [0.15, 0.2) is 5.78 Å². The van der Waals surface area contributed by atoms with Crippen LogP contribution in [0.25, 0.3) is 21.0 Å². The van der Waals surface area contributed by atoms with Crippen molar-refractivity contribution in [1.82, 2.24) is 9.97 Å². The van der Waals surface area contributed by atoms with E-state index in [2.05, 4.69) is 15.3 Å². The molecular weight excluding hydrogens is 360 g/mol. The van der Waals surface area contributed by atoms with Crippen LogP contribution >= 0.6 is 11.3 Å². The number of hydrogen-bond donors (Lipinski definition) is 2. The number of Topliss-reactive ketones (excluding diaryl/α,β-unsaturated/α-hetero) is 1. The van der Waals surface area contributed by atoms with Gasteiger partial charge in [-0.2, -0.15) is 0 Å². The lowest BCUT2D eigenvalue weighted by Crippen LogP contribution is -2.12. The topological polar surface area (TPSA) is 98.0 Å². The molecule has 0 aliphatic rings. The van der Waals surface area contributed by atoms with Gasteiger partial charge in [0.25, 0.3) is 5.91 Å². The van der Waals surface area contributed by atoms with E-state index in [0.29, 0.717) is 37.7 Å². The molecule has 3 N–H and O–H groups in total. The maximum atomic E-state index is 12.9. The van der Waals surface area contributed by atoms with E-state index >= 15 is 0 Å². The first-order valence-electron chi connectivity index (χ1n) is 8.30. The summed E-state index contributed by atoms with van der Waals surface area (Å²) >= 11 is 1.22. The average molecular weight is 376 g/mol. The molecule has 0 saturated carbocycles. The first-order chi connectivity index (χ1) is 13.0. The molecule has 0 spiro atoms. The summed E-state index contributed by atoms with van der Waals surface area (Å²) in [5, 5.41) is 5.38. The monoisotopic (exact) mass is 376 g/mol. The van der Waals surface area contributed by atoms with E-state index < -0.39 is 0 Å². The molecule has 0 fully saturated rings. The Kier molecular flexibility index (Phi) is 4.08. The summed E-state index contributed by atoms with van der Waals surface area (Å²) in [5.74, 6) is -0.385. The quantitative estimate of drug-likeness (QED) is 0.523. The van der Waals surface area contributed by atoms with Crippen molar-refractivity contribution in [3.05, 3.63) is 58.9 Å². The van der Waals surface area contributed by atoms with Gasteiger partial charge in [-0.25, -0.2) is 4.98 Å². The number of nitrogens with two attached hydrogens (primary N) is 1. The van der Waals surface area contributed by atoms with Gasteiger partial charge in [-0.05, 0) is 32.0 Å². The van der Waals surface area contributed by atoms with Crippen LogP contribution in [0.1, 0.15) is 32.6 Å². The molecule has 3 aromatic heterocycles. The zero-order valence-corrected chi connectivity index (χ0v) is 15.6. The molecule has 27 heavy (non-hydrogen) atoms. The van der Waals surface area contributed by atoms with Gasteiger partial charge in [0.05, 0.1) is 5.69 Å². The standard InChI is InChI=1S/C20H16N4O2S/c1-10-14(11(2)25)8-15-17(21)18(27-20(15)23-10)19(26)24-16-5-3-4-12-9-22-7-6-13(12)16/h3-9H,21H2,1-2H3,(H,24,26). The molecule has 1 amide bonds. The van der Waals surface area contributed by atoms with Crippen molar-refractivity contribution in [3.8, 4) is 0 Å². The maximum absolute atomic E-state index is 12.9. The Bertz CT molecular complexity index is 1220. The number of nitrogen functional groups attached to an aromatic ring is 1. The Morgan fingerprint density at radius 2 is 2.00 bits per heavy atom. The van der Waals surface area contributed by atoms with Gasteiger partial charge in [-0.15, -0.1) is 11.3 Å². The van der Waals surface area contributed by atoms with Crippen LogP contribution < -0.4 is 11.1 Å². The molecule has 0 atom stereocenters. The molecule has 0 saturated heterocycles. The average Bonchev–Trinajstić information content (AvgIpc) is 2.97. The Balaban J connectivity index is 1.76. The number of nitrogens with zero attached hydrogens (tertiary/aromatic N) is 2. The van der Waals surface area contributed by atoms with Crippen LogP contribution in [0.4, 0.5) is 11.4 Å². The number of rotatable bonds is 3. The minimum atomic E-state index is -0.304. The van der Waals surface area contributed by atoms with Crippen molar-refractivity contribution >= 4 is 55.4 Å². The number of amides is 1. The molecule has 4 rings (SSSR count). The zero-order valence-electron chi connectivity index (χ0n) is 14.7. The molecule has 0 bridgehead atoms. The van der Waals surface area contributed by atoms with Crippen LogP contribution in [0, 0.1) is 6.92 Å². The molecule has 1 aromatic carbocycles. The number of thiophene rings is 1. The van der Waals surface area contributed by atoms with Crippen molar-refractivity contribution in [3.63, 3.8) is 0 Å². The van der Waals surface area contributed by atoms with E-state index in [-0.39, 0.29) is 11.7 Å². The number of nitrogens with one attached hydrogen (secondary N) is 1. The molecule has 134 valence electrons. The zero-order chi connectivity index (χ0) is 19.1. The lowest BCUT2D eigenvalue weighted by Gasteiger charge is -2.08. The van der Waals surface area contributed by atoms with Crippen molar-refractivity contribution in [2.24, 2.45) is 0 Å². The molecule has 7 heteroatoms. The number of benzene rings is 1. The molecular formula is C20H16N4O2S. The number of anilines is 2.